The Morgan fingerprint density at radius 3 is 1.86 bits per heavy atom. The molecule has 3 nitrogen and oxygen atoms in total. The first-order valence-corrected chi connectivity index (χ1v) is 9.48. The fraction of sp³-hybridized carbons (Fsp3) is 0.286. The van der Waals surface area contributed by atoms with E-state index in [1.54, 1.807) is 0 Å². The molecule has 0 atom stereocenters. The zero-order valence-corrected chi connectivity index (χ0v) is 13.8. The summed E-state index contributed by atoms with van der Waals surface area (Å²) >= 11 is 0. The van der Waals surface area contributed by atoms with Crippen LogP contribution >= 0.6 is 0 Å². The van der Waals surface area contributed by atoms with E-state index in [4.69, 9.17) is 13.0 Å². The Kier molecular flexibility index (Phi) is 5.89. The van der Waals surface area contributed by atoms with Crippen molar-refractivity contribution >= 4 is 31.8 Å². The molecule has 0 spiro atoms. The van der Waals surface area contributed by atoms with E-state index in [-0.39, 0.29) is 0 Å². The average Bonchev–Trinajstić information content (AvgIpc) is 2.37. The fourth-order valence-electron chi connectivity index (χ4n) is 1.78. The van der Waals surface area contributed by atoms with Crippen molar-refractivity contribution in [1.82, 2.24) is 0 Å². The van der Waals surface area contributed by atoms with Crippen LogP contribution in [0.3, 0.4) is 0 Å². The lowest BCUT2D eigenvalue weighted by molar-refractivity contribution is -0.0517. The highest BCUT2D eigenvalue weighted by Crippen LogP contribution is 2.25. The molecule has 0 unspecified atom stereocenters. The SMILES string of the molecule is Cc1ccc([S+](C)C)c2ccccc12.O=S(=O)([O-])C(F)(F)F. The van der Waals surface area contributed by atoms with Gasteiger partial charge < -0.3 is 4.55 Å². The van der Waals surface area contributed by atoms with Gasteiger partial charge in [-0.15, -0.1) is 0 Å². The summed E-state index contributed by atoms with van der Waals surface area (Å²) in [7, 11) is -5.75. The summed E-state index contributed by atoms with van der Waals surface area (Å²) in [5.41, 5.74) is -4.28. The summed E-state index contributed by atoms with van der Waals surface area (Å²) < 4.78 is 58.9. The minimum atomic E-state index is -6.09. The van der Waals surface area contributed by atoms with Crippen LogP contribution in [0.2, 0.25) is 0 Å². The first-order valence-electron chi connectivity index (χ1n) is 6.03. The molecule has 0 heterocycles. The maximum atomic E-state index is 10.7. The molecule has 0 saturated heterocycles. The van der Waals surface area contributed by atoms with Crippen LogP contribution in [0.1, 0.15) is 5.56 Å². The van der Waals surface area contributed by atoms with Crippen LogP contribution < -0.4 is 0 Å². The summed E-state index contributed by atoms with van der Waals surface area (Å²) in [6.45, 7) is 2.18. The van der Waals surface area contributed by atoms with Gasteiger partial charge in [0.1, 0.15) is 12.5 Å². The van der Waals surface area contributed by atoms with Gasteiger partial charge >= 0.3 is 5.51 Å². The molecule has 0 saturated carbocycles. The third-order valence-electron chi connectivity index (χ3n) is 2.83. The van der Waals surface area contributed by atoms with Crippen molar-refractivity contribution in [2.45, 2.75) is 17.3 Å². The molecule has 0 N–H and O–H groups in total. The number of fused-ring (bicyclic) bond motifs is 1. The molecule has 8 heteroatoms. The first-order chi connectivity index (χ1) is 9.95. The van der Waals surface area contributed by atoms with Gasteiger partial charge in [-0.25, -0.2) is 8.42 Å². The highest BCUT2D eigenvalue weighted by Gasteiger charge is 2.36. The standard InChI is InChI=1S/C13H15S.CHF3O3S/c1-10-8-9-13(14(2)3)12-7-5-4-6-11(10)12;2-1(3,4)8(5,6)7/h4-9H,1-3H3;(H,5,6,7)/q+1;/p-1. The molecule has 2 aromatic rings. The number of benzene rings is 2. The quantitative estimate of drug-likeness (QED) is 0.449. The summed E-state index contributed by atoms with van der Waals surface area (Å²) in [5, 5.41) is 2.81. The largest absolute Gasteiger partial charge is 0.741 e. The Labute approximate surface area is 130 Å². The van der Waals surface area contributed by atoms with Crippen LogP contribution in [0.5, 0.6) is 0 Å². The van der Waals surface area contributed by atoms with E-state index >= 15 is 0 Å². The van der Waals surface area contributed by atoms with Gasteiger partial charge in [0, 0.05) is 16.3 Å². The summed E-state index contributed by atoms with van der Waals surface area (Å²) in [4.78, 5) is 1.48. The van der Waals surface area contributed by atoms with Crippen LogP contribution in [-0.4, -0.2) is 31.0 Å². The molecule has 0 aliphatic carbocycles. The van der Waals surface area contributed by atoms with Gasteiger partial charge in [-0.2, -0.15) is 13.2 Å². The van der Waals surface area contributed by atoms with Gasteiger partial charge in [-0.05, 0) is 30.0 Å². The lowest BCUT2D eigenvalue weighted by Crippen LogP contribution is -2.21. The zero-order chi connectivity index (χ0) is 17.1. The molecule has 122 valence electrons. The molecular weight excluding hydrogens is 337 g/mol. The zero-order valence-electron chi connectivity index (χ0n) is 12.1. The third-order valence-corrected chi connectivity index (χ3v) is 4.63. The second kappa shape index (κ2) is 6.89. The monoisotopic (exact) mass is 352 g/mol. The smallest absolute Gasteiger partial charge is 0.485 e. The van der Waals surface area contributed by atoms with Crippen molar-refractivity contribution in [3.8, 4) is 0 Å². The van der Waals surface area contributed by atoms with Crippen molar-refractivity contribution in [1.29, 1.82) is 0 Å². The first kappa shape index (κ1) is 18.8. The van der Waals surface area contributed by atoms with E-state index in [0.29, 0.717) is 10.9 Å². The fourth-order valence-corrected chi connectivity index (χ4v) is 2.74. The van der Waals surface area contributed by atoms with Gasteiger partial charge in [0.05, 0.1) is 0 Å². The van der Waals surface area contributed by atoms with Crippen LogP contribution in [0, 0.1) is 6.92 Å². The maximum Gasteiger partial charge on any atom is 0.485 e. The molecule has 0 bridgehead atoms. The summed E-state index contributed by atoms with van der Waals surface area (Å²) in [6, 6.07) is 13.2. The molecule has 0 radical (unpaired) electrons. The van der Waals surface area contributed by atoms with Gasteiger partial charge in [0.2, 0.25) is 0 Å². The number of rotatable bonds is 1. The number of aryl methyl sites for hydroxylation is 1. The minimum absolute atomic E-state index is 0.338. The van der Waals surface area contributed by atoms with Crippen molar-refractivity contribution < 1.29 is 26.1 Å². The normalized spacial score (nSPS) is 12.2. The van der Waals surface area contributed by atoms with Crippen LogP contribution in [0.4, 0.5) is 13.2 Å². The predicted molar refractivity (Wildman–Crippen MR) is 81.9 cm³/mol. The van der Waals surface area contributed by atoms with E-state index in [0.717, 1.165) is 0 Å². The topological polar surface area (TPSA) is 57.2 Å². The maximum absolute atomic E-state index is 10.7. The highest BCUT2D eigenvalue weighted by atomic mass is 32.2. The van der Waals surface area contributed by atoms with Gasteiger partial charge in [-0.1, -0.05) is 24.3 Å². The van der Waals surface area contributed by atoms with Gasteiger partial charge in [0.15, 0.2) is 15.0 Å². The number of alkyl halides is 3. The Morgan fingerprint density at radius 2 is 1.45 bits per heavy atom. The Balaban J connectivity index is 0.000000261. The van der Waals surface area contributed by atoms with Gasteiger partial charge in [-0.3, -0.25) is 0 Å². The van der Waals surface area contributed by atoms with Crippen molar-refractivity contribution in [3.63, 3.8) is 0 Å². The number of hydrogen-bond acceptors (Lipinski definition) is 3. The van der Waals surface area contributed by atoms with Crippen LogP contribution in [0.15, 0.2) is 41.3 Å². The number of hydrogen-bond donors (Lipinski definition) is 0. The molecule has 0 fully saturated rings. The number of halogens is 3. The van der Waals surface area contributed by atoms with E-state index < -0.39 is 15.6 Å². The van der Waals surface area contributed by atoms with E-state index in [2.05, 4.69) is 55.8 Å². The second-order valence-electron chi connectivity index (χ2n) is 4.64. The third kappa shape index (κ3) is 4.62. The van der Waals surface area contributed by atoms with E-state index in [1.807, 2.05) is 0 Å². The second-order valence-corrected chi connectivity index (χ2v) is 8.09. The van der Waals surface area contributed by atoms with Crippen molar-refractivity contribution in [2.24, 2.45) is 0 Å². The van der Waals surface area contributed by atoms with Crippen molar-refractivity contribution in [2.75, 3.05) is 12.5 Å². The Hall–Kier alpha value is -1.25. The molecule has 0 aliphatic rings. The summed E-state index contributed by atoms with van der Waals surface area (Å²) in [6.07, 6.45) is 4.55. The Bertz CT molecular complexity index is 754. The van der Waals surface area contributed by atoms with Crippen LogP contribution in [0.25, 0.3) is 10.8 Å². The molecule has 0 amide bonds. The van der Waals surface area contributed by atoms with Crippen LogP contribution in [-0.2, 0) is 21.0 Å². The minimum Gasteiger partial charge on any atom is -0.741 e. The lowest BCUT2D eigenvalue weighted by Gasteiger charge is -2.08. The molecule has 0 aliphatic heterocycles. The molecule has 22 heavy (non-hydrogen) atoms. The summed E-state index contributed by atoms with van der Waals surface area (Å²) in [5.74, 6) is 0. The lowest BCUT2D eigenvalue weighted by atomic mass is 10.1. The van der Waals surface area contributed by atoms with E-state index in [1.165, 1.54) is 21.2 Å². The molecular formula is C14H15F3O3S2. The van der Waals surface area contributed by atoms with E-state index in [9.17, 15) is 13.2 Å². The average molecular weight is 352 g/mol. The molecule has 2 aromatic carbocycles. The highest BCUT2D eigenvalue weighted by molar-refractivity contribution is 7.95. The Morgan fingerprint density at radius 1 is 1.00 bits per heavy atom. The molecule has 2 rings (SSSR count). The predicted octanol–water partition coefficient (Wildman–Crippen LogP) is 3.44. The van der Waals surface area contributed by atoms with Crippen molar-refractivity contribution in [3.05, 3.63) is 42.0 Å². The van der Waals surface area contributed by atoms with Gasteiger partial charge in [0.25, 0.3) is 0 Å². The molecule has 0 aromatic heterocycles.